The molecule has 0 unspecified atom stereocenters. The normalized spacial score (nSPS) is 14.4. The van der Waals surface area contributed by atoms with Gasteiger partial charge >= 0.3 is 6.18 Å². The Morgan fingerprint density at radius 1 is 0.953 bits per heavy atom. The third-order valence-electron chi connectivity index (χ3n) is 7.23. The topological polar surface area (TPSA) is 82.0 Å². The van der Waals surface area contributed by atoms with Gasteiger partial charge in [0.25, 0.3) is 5.91 Å². The van der Waals surface area contributed by atoms with Crippen molar-refractivity contribution in [3.63, 3.8) is 0 Å². The Balaban J connectivity index is 1.33. The summed E-state index contributed by atoms with van der Waals surface area (Å²) in [5, 5.41) is 8.13. The fourth-order valence-corrected chi connectivity index (χ4v) is 4.86. The van der Waals surface area contributed by atoms with Gasteiger partial charge in [0, 0.05) is 43.3 Å². The van der Waals surface area contributed by atoms with Crippen LogP contribution in [0.5, 0.6) is 5.75 Å². The van der Waals surface area contributed by atoms with E-state index in [1.54, 1.807) is 18.3 Å². The van der Waals surface area contributed by atoms with Crippen LogP contribution in [0.15, 0.2) is 90.2 Å². The van der Waals surface area contributed by atoms with Gasteiger partial charge in [0.1, 0.15) is 17.9 Å². The quantitative estimate of drug-likeness (QED) is 0.163. The van der Waals surface area contributed by atoms with Crippen molar-refractivity contribution in [3.8, 4) is 5.75 Å². The smallest absolute Gasteiger partial charge is 0.416 e. The standard InChI is InChI=1S/C33H32F3N3O4/c34-33(35,36)26-10-8-25(9-11-26)21-43-39-29(19-23-5-2-1-3-6-23)27-12-13-30(32-28(27)7-4-16-37-32)42-22-31(40)38-20-24-14-17-41-18-15-24/h1-13,16,24H,14-15,17-22H2,(H,38,40)/b39-29+. The summed E-state index contributed by atoms with van der Waals surface area (Å²) in [7, 11) is 0. The molecular weight excluding hydrogens is 559 g/mol. The van der Waals surface area contributed by atoms with Crippen LogP contribution in [0.3, 0.4) is 0 Å². The number of hydrogen-bond acceptors (Lipinski definition) is 6. The molecular formula is C33H32F3N3O4. The highest BCUT2D eigenvalue weighted by atomic mass is 19.4. The van der Waals surface area contributed by atoms with E-state index in [1.807, 2.05) is 42.5 Å². The summed E-state index contributed by atoms with van der Waals surface area (Å²) in [4.78, 5) is 22.7. The lowest BCUT2D eigenvalue weighted by atomic mass is 9.98. The number of carbonyl (C=O) groups is 1. The number of amides is 1. The maximum atomic E-state index is 12.9. The highest BCUT2D eigenvalue weighted by molar-refractivity contribution is 6.11. The number of carbonyl (C=O) groups excluding carboxylic acids is 1. The lowest BCUT2D eigenvalue weighted by molar-refractivity contribution is -0.137. The Morgan fingerprint density at radius 2 is 1.72 bits per heavy atom. The van der Waals surface area contributed by atoms with Gasteiger partial charge in [-0.2, -0.15) is 13.2 Å². The summed E-state index contributed by atoms with van der Waals surface area (Å²) in [6.45, 7) is 1.88. The second kappa shape index (κ2) is 14.2. The lowest BCUT2D eigenvalue weighted by Gasteiger charge is -2.22. The SMILES string of the molecule is O=C(COc1ccc(/C(Cc2ccccc2)=N/OCc2ccc(C(F)(F)F)cc2)c2cccnc12)NCC1CCOCC1. The average Bonchev–Trinajstić information content (AvgIpc) is 3.03. The molecule has 0 radical (unpaired) electrons. The molecule has 0 saturated carbocycles. The van der Waals surface area contributed by atoms with Gasteiger partial charge in [-0.15, -0.1) is 0 Å². The molecule has 1 aromatic heterocycles. The molecule has 7 nitrogen and oxygen atoms in total. The predicted octanol–water partition coefficient (Wildman–Crippen LogP) is 6.34. The van der Waals surface area contributed by atoms with Gasteiger partial charge in [0.15, 0.2) is 6.61 Å². The fraction of sp³-hybridized carbons (Fsp3) is 0.303. The predicted molar refractivity (Wildman–Crippen MR) is 157 cm³/mol. The molecule has 3 aromatic carbocycles. The number of nitrogens with zero attached hydrogens (tertiary/aromatic N) is 2. The van der Waals surface area contributed by atoms with Crippen LogP contribution in [0.2, 0.25) is 0 Å². The van der Waals surface area contributed by atoms with Gasteiger partial charge in [-0.05, 0) is 60.2 Å². The Bertz CT molecular complexity index is 1540. The monoisotopic (exact) mass is 591 g/mol. The zero-order valence-electron chi connectivity index (χ0n) is 23.5. The minimum absolute atomic E-state index is 0.00318. The van der Waals surface area contributed by atoms with Crippen molar-refractivity contribution in [2.45, 2.75) is 32.0 Å². The van der Waals surface area contributed by atoms with Crippen molar-refractivity contribution in [1.29, 1.82) is 0 Å². The number of oxime groups is 1. The van der Waals surface area contributed by atoms with Crippen LogP contribution in [0.1, 0.15) is 35.1 Å². The number of nitrogens with one attached hydrogen (secondary N) is 1. The van der Waals surface area contributed by atoms with E-state index < -0.39 is 11.7 Å². The van der Waals surface area contributed by atoms with Crippen molar-refractivity contribution >= 4 is 22.5 Å². The number of fused-ring (bicyclic) bond motifs is 1. The maximum Gasteiger partial charge on any atom is 0.416 e. The number of benzene rings is 3. The number of hydrogen-bond donors (Lipinski definition) is 1. The third kappa shape index (κ3) is 8.32. The first-order valence-electron chi connectivity index (χ1n) is 14.1. The largest absolute Gasteiger partial charge is 0.481 e. The van der Waals surface area contributed by atoms with Gasteiger partial charge in [0.2, 0.25) is 0 Å². The molecule has 1 aliphatic heterocycles. The van der Waals surface area contributed by atoms with Crippen molar-refractivity contribution < 1.29 is 32.3 Å². The van der Waals surface area contributed by atoms with Crippen LogP contribution in [-0.2, 0) is 33.6 Å². The minimum Gasteiger partial charge on any atom is -0.481 e. The summed E-state index contributed by atoms with van der Waals surface area (Å²) in [6.07, 6.45) is -0.456. The third-order valence-corrected chi connectivity index (χ3v) is 7.23. The Morgan fingerprint density at radius 3 is 2.47 bits per heavy atom. The van der Waals surface area contributed by atoms with Gasteiger partial charge in [-0.1, -0.05) is 53.7 Å². The zero-order chi connectivity index (χ0) is 30.1. The first-order valence-corrected chi connectivity index (χ1v) is 14.1. The van der Waals surface area contributed by atoms with Crippen LogP contribution < -0.4 is 10.1 Å². The summed E-state index contributed by atoms with van der Waals surface area (Å²) in [5.74, 6) is 0.663. The molecule has 10 heteroatoms. The molecule has 0 aliphatic carbocycles. The molecule has 0 bridgehead atoms. The number of alkyl halides is 3. The van der Waals surface area contributed by atoms with E-state index in [0.29, 0.717) is 41.4 Å². The second-order valence-electron chi connectivity index (χ2n) is 10.3. The number of rotatable bonds is 11. The van der Waals surface area contributed by atoms with Gasteiger partial charge in [0.05, 0.1) is 11.3 Å². The Hall–Kier alpha value is -4.44. The van der Waals surface area contributed by atoms with Crippen molar-refractivity contribution in [1.82, 2.24) is 10.3 Å². The van der Waals surface area contributed by atoms with E-state index in [1.165, 1.54) is 12.1 Å². The van der Waals surface area contributed by atoms with E-state index in [-0.39, 0.29) is 19.1 Å². The van der Waals surface area contributed by atoms with E-state index in [9.17, 15) is 18.0 Å². The molecule has 1 fully saturated rings. The van der Waals surface area contributed by atoms with Crippen molar-refractivity contribution in [2.24, 2.45) is 11.1 Å². The first-order chi connectivity index (χ1) is 20.9. The summed E-state index contributed by atoms with van der Waals surface area (Å²) in [5.41, 5.74) is 2.77. The maximum absolute atomic E-state index is 12.9. The number of halogens is 3. The lowest BCUT2D eigenvalue weighted by Crippen LogP contribution is -2.35. The molecule has 0 atom stereocenters. The van der Waals surface area contributed by atoms with Gasteiger partial charge in [-0.3, -0.25) is 9.78 Å². The van der Waals surface area contributed by atoms with E-state index in [4.69, 9.17) is 14.3 Å². The van der Waals surface area contributed by atoms with E-state index >= 15 is 0 Å². The Kier molecular flexibility index (Phi) is 9.88. The molecule has 1 saturated heterocycles. The van der Waals surface area contributed by atoms with Crippen molar-refractivity contribution in [2.75, 3.05) is 26.4 Å². The highest BCUT2D eigenvalue weighted by Gasteiger charge is 2.30. The van der Waals surface area contributed by atoms with Gasteiger partial charge < -0.3 is 19.6 Å². The number of pyridine rings is 1. The summed E-state index contributed by atoms with van der Waals surface area (Å²) < 4.78 is 50.1. The molecule has 43 heavy (non-hydrogen) atoms. The fourth-order valence-electron chi connectivity index (χ4n) is 4.86. The first kappa shape index (κ1) is 30.0. The number of ether oxygens (including phenoxy) is 2. The summed E-state index contributed by atoms with van der Waals surface area (Å²) >= 11 is 0. The molecule has 1 N–H and O–H groups in total. The van der Waals surface area contributed by atoms with Crippen LogP contribution in [0.25, 0.3) is 10.9 Å². The zero-order valence-corrected chi connectivity index (χ0v) is 23.5. The van der Waals surface area contributed by atoms with Crippen LogP contribution in [-0.4, -0.2) is 43.0 Å². The summed E-state index contributed by atoms with van der Waals surface area (Å²) in [6, 6.07) is 21.8. The minimum atomic E-state index is -4.40. The molecule has 4 aromatic rings. The number of aromatic nitrogens is 1. The highest BCUT2D eigenvalue weighted by Crippen LogP contribution is 2.30. The molecule has 1 aliphatic rings. The average molecular weight is 592 g/mol. The molecule has 0 spiro atoms. The van der Waals surface area contributed by atoms with Crippen LogP contribution >= 0.6 is 0 Å². The van der Waals surface area contributed by atoms with Crippen LogP contribution in [0, 0.1) is 5.92 Å². The van der Waals surface area contributed by atoms with Gasteiger partial charge in [-0.25, -0.2) is 0 Å². The van der Waals surface area contributed by atoms with E-state index in [2.05, 4.69) is 15.5 Å². The van der Waals surface area contributed by atoms with Crippen LogP contribution in [0.4, 0.5) is 13.2 Å². The molecule has 5 rings (SSSR count). The molecule has 2 heterocycles. The van der Waals surface area contributed by atoms with E-state index in [0.717, 1.165) is 54.7 Å². The second-order valence-corrected chi connectivity index (χ2v) is 10.3. The Labute approximate surface area is 247 Å². The molecule has 224 valence electrons. The molecule has 1 amide bonds. The van der Waals surface area contributed by atoms with Crippen molar-refractivity contribution in [3.05, 3.63) is 107 Å².